The first kappa shape index (κ1) is 18.6. The molecule has 0 radical (unpaired) electrons. The molecule has 0 aliphatic carbocycles. The van der Waals surface area contributed by atoms with Gasteiger partial charge in [-0.3, -0.25) is 0 Å². The maximum atomic E-state index is 11.6. The Morgan fingerprint density at radius 1 is 1.05 bits per heavy atom. The molecule has 0 fully saturated rings. The molecule has 0 heterocycles. The van der Waals surface area contributed by atoms with Gasteiger partial charge in [0.15, 0.2) is 8.32 Å². The van der Waals surface area contributed by atoms with Crippen LogP contribution in [0.1, 0.15) is 48.5 Å². The van der Waals surface area contributed by atoms with Crippen LogP contribution in [0.25, 0.3) is 0 Å². The highest BCUT2D eigenvalue weighted by Crippen LogP contribution is 2.46. The molecule has 0 bridgehead atoms. The summed E-state index contributed by atoms with van der Waals surface area (Å²) in [6.07, 6.45) is 2.39. The van der Waals surface area contributed by atoms with E-state index in [2.05, 4.69) is 68.1 Å². The van der Waals surface area contributed by atoms with E-state index in [1.807, 2.05) is 6.08 Å². The highest BCUT2D eigenvalue weighted by molar-refractivity contribution is 6.74. The first-order chi connectivity index (χ1) is 8.23. The van der Waals surface area contributed by atoms with Crippen molar-refractivity contribution in [1.29, 1.82) is 0 Å². The molecule has 0 aromatic carbocycles. The van der Waals surface area contributed by atoms with E-state index in [-0.39, 0.29) is 15.9 Å². The van der Waals surface area contributed by atoms with Crippen LogP contribution in [-0.2, 0) is 9.22 Å². The number of aldehydes is 1. The lowest BCUT2D eigenvalue weighted by molar-refractivity contribution is -0.121. The lowest BCUT2D eigenvalue weighted by Gasteiger charge is -2.47. The van der Waals surface area contributed by atoms with Crippen molar-refractivity contribution in [2.45, 2.75) is 72.7 Å². The molecule has 0 saturated heterocycles. The molecule has 2 atom stereocenters. The van der Waals surface area contributed by atoms with Gasteiger partial charge in [-0.15, -0.1) is 6.58 Å². The Morgan fingerprint density at radius 2 is 1.47 bits per heavy atom. The Morgan fingerprint density at radius 3 is 1.68 bits per heavy atom. The average Bonchev–Trinajstić information content (AvgIpc) is 2.21. The van der Waals surface area contributed by atoms with Crippen LogP contribution >= 0.6 is 0 Å². The minimum atomic E-state index is -1.97. The second-order valence-corrected chi connectivity index (χ2v) is 12.9. The zero-order valence-corrected chi connectivity index (χ0v) is 15.3. The summed E-state index contributed by atoms with van der Waals surface area (Å²) in [6, 6.07) is 0. The number of hydrogen-bond donors (Lipinski definition) is 0. The third-order valence-electron chi connectivity index (χ3n) is 4.98. The van der Waals surface area contributed by atoms with Crippen LogP contribution in [-0.4, -0.2) is 20.7 Å². The molecule has 0 rings (SSSR count). The van der Waals surface area contributed by atoms with Crippen molar-refractivity contribution in [3.63, 3.8) is 0 Å². The van der Waals surface area contributed by atoms with E-state index in [4.69, 9.17) is 4.43 Å². The minimum Gasteiger partial charge on any atom is -0.406 e. The predicted octanol–water partition coefficient (Wildman–Crippen LogP) is 4.81. The molecule has 0 saturated carbocycles. The molecule has 0 aliphatic heterocycles. The van der Waals surface area contributed by atoms with Gasteiger partial charge >= 0.3 is 0 Å². The summed E-state index contributed by atoms with van der Waals surface area (Å²) in [6.45, 7) is 23.3. The van der Waals surface area contributed by atoms with Gasteiger partial charge in [0.2, 0.25) is 0 Å². The van der Waals surface area contributed by atoms with Gasteiger partial charge < -0.3 is 9.22 Å². The Balaban J connectivity index is 5.47. The van der Waals surface area contributed by atoms with E-state index in [1.165, 1.54) is 0 Å². The van der Waals surface area contributed by atoms with Crippen LogP contribution in [0.5, 0.6) is 0 Å². The van der Waals surface area contributed by atoms with E-state index in [1.54, 1.807) is 0 Å². The standard InChI is InChI=1S/C16H32O2Si/c1-11-16(8,14(2,3)4)13(12-17)18-19(9,10)15(5,6)7/h11-13H,1H2,2-10H3/t13-,16-/m0/s1. The molecule has 0 unspecified atom stereocenters. The van der Waals surface area contributed by atoms with Gasteiger partial charge in [-0.25, -0.2) is 0 Å². The Kier molecular flexibility index (Phi) is 5.41. The zero-order valence-electron chi connectivity index (χ0n) is 14.3. The molecule has 0 aliphatic rings. The summed E-state index contributed by atoms with van der Waals surface area (Å²) in [7, 11) is -1.97. The van der Waals surface area contributed by atoms with E-state index < -0.39 is 14.4 Å². The van der Waals surface area contributed by atoms with Crippen LogP contribution in [0.15, 0.2) is 12.7 Å². The quantitative estimate of drug-likeness (QED) is 0.411. The molecule has 2 nitrogen and oxygen atoms in total. The molecular formula is C16H32O2Si. The van der Waals surface area contributed by atoms with E-state index in [0.29, 0.717) is 0 Å². The molecule has 3 heteroatoms. The largest absolute Gasteiger partial charge is 0.406 e. The Labute approximate surface area is 120 Å². The van der Waals surface area contributed by atoms with Crippen molar-refractivity contribution in [1.82, 2.24) is 0 Å². The lowest BCUT2D eigenvalue weighted by atomic mass is 9.65. The topological polar surface area (TPSA) is 26.3 Å². The second-order valence-electron chi connectivity index (χ2n) is 8.17. The van der Waals surface area contributed by atoms with Crippen molar-refractivity contribution < 1.29 is 9.22 Å². The third-order valence-corrected chi connectivity index (χ3v) is 9.44. The van der Waals surface area contributed by atoms with Crippen molar-refractivity contribution in [2.24, 2.45) is 10.8 Å². The monoisotopic (exact) mass is 284 g/mol. The van der Waals surface area contributed by atoms with Gasteiger partial charge in [-0.1, -0.05) is 54.5 Å². The van der Waals surface area contributed by atoms with Crippen molar-refractivity contribution in [2.75, 3.05) is 0 Å². The smallest absolute Gasteiger partial charge is 0.193 e. The summed E-state index contributed by atoms with van der Waals surface area (Å²) < 4.78 is 6.33. The fraction of sp³-hybridized carbons (Fsp3) is 0.812. The van der Waals surface area contributed by atoms with Crippen LogP contribution in [0.4, 0.5) is 0 Å². The summed E-state index contributed by atoms with van der Waals surface area (Å²) in [5, 5.41) is 0.0915. The molecule has 0 spiro atoms. The molecule has 19 heavy (non-hydrogen) atoms. The van der Waals surface area contributed by atoms with Crippen LogP contribution in [0.3, 0.4) is 0 Å². The van der Waals surface area contributed by atoms with Gasteiger partial charge in [-0.05, 0) is 23.5 Å². The first-order valence-electron chi connectivity index (χ1n) is 6.99. The highest BCUT2D eigenvalue weighted by atomic mass is 28.4. The van der Waals surface area contributed by atoms with Crippen LogP contribution in [0, 0.1) is 10.8 Å². The van der Waals surface area contributed by atoms with Crippen LogP contribution < -0.4 is 0 Å². The summed E-state index contributed by atoms with van der Waals surface area (Å²) >= 11 is 0. The van der Waals surface area contributed by atoms with Crippen molar-refractivity contribution in [3.05, 3.63) is 12.7 Å². The second kappa shape index (κ2) is 5.53. The fourth-order valence-electron chi connectivity index (χ4n) is 1.63. The number of carbonyl (C=O) groups is 1. The molecule has 112 valence electrons. The summed E-state index contributed by atoms with van der Waals surface area (Å²) in [5.41, 5.74) is -0.451. The fourth-order valence-corrected chi connectivity index (χ4v) is 2.92. The highest BCUT2D eigenvalue weighted by Gasteiger charge is 2.47. The van der Waals surface area contributed by atoms with Gasteiger partial charge in [0.05, 0.1) is 0 Å². The van der Waals surface area contributed by atoms with E-state index in [9.17, 15) is 4.79 Å². The summed E-state index contributed by atoms with van der Waals surface area (Å²) in [4.78, 5) is 11.6. The van der Waals surface area contributed by atoms with Crippen LogP contribution in [0.2, 0.25) is 18.1 Å². The molecular weight excluding hydrogens is 252 g/mol. The minimum absolute atomic E-state index is 0.0807. The molecule has 0 amide bonds. The predicted molar refractivity (Wildman–Crippen MR) is 85.9 cm³/mol. The average molecular weight is 285 g/mol. The van der Waals surface area contributed by atoms with Gasteiger partial charge in [0, 0.05) is 5.41 Å². The zero-order chi connectivity index (χ0) is 15.7. The maximum Gasteiger partial charge on any atom is 0.193 e. The van der Waals surface area contributed by atoms with Crippen molar-refractivity contribution in [3.8, 4) is 0 Å². The number of rotatable bonds is 5. The van der Waals surface area contributed by atoms with E-state index >= 15 is 0 Å². The van der Waals surface area contributed by atoms with Gasteiger partial charge in [-0.2, -0.15) is 0 Å². The number of hydrogen-bond acceptors (Lipinski definition) is 2. The molecule has 0 aromatic rings. The first-order valence-corrected chi connectivity index (χ1v) is 9.90. The maximum absolute atomic E-state index is 11.6. The van der Waals surface area contributed by atoms with Gasteiger partial charge in [0.25, 0.3) is 0 Å². The van der Waals surface area contributed by atoms with Crippen molar-refractivity contribution >= 4 is 14.6 Å². The Bertz CT molecular complexity index is 334. The normalized spacial score (nSPS) is 18.6. The SMILES string of the molecule is C=C[C@@](C)([C@H](C=O)O[Si](C)(C)C(C)(C)C)C(C)(C)C. The molecule has 0 N–H and O–H groups in total. The summed E-state index contributed by atoms with van der Waals surface area (Å²) in [5.74, 6) is 0. The number of carbonyl (C=O) groups excluding carboxylic acids is 1. The third kappa shape index (κ3) is 3.79. The van der Waals surface area contributed by atoms with E-state index in [0.717, 1.165) is 6.29 Å². The molecule has 0 aromatic heterocycles. The Hall–Kier alpha value is -0.413. The van der Waals surface area contributed by atoms with Gasteiger partial charge in [0.1, 0.15) is 12.4 Å². The lowest BCUT2D eigenvalue weighted by Crippen LogP contribution is -2.52.